The molecular formula is C34H44ClFN6O. The molecule has 4 saturated heterocycles. The zero-order valence-electron chi connectivity index (χ0n) is 25.5. The predicted octanol–water partition coefficient (Wildman–Crippen LogP) is 5.69. The van der Waals surface area contributed by atoms with E-state index < -0.39 is 12.3 Å². The largest absolute Gasteiger partial charge is 0.508 e. The molecule has 43 heavy (non-hydrogen) atoms. The molecule has 3 N–H and O–H groups in total. The molecule has 0 aliphatic carbocycles. The van der Waals surface area contributed by atoms with Crippen LogP contribution in [0, 0.1) is 17.8 Å². The van der Waals surface area contributed by atoms with Crippen LogP contribution in [0.5, 0.6) is 5.75 Å². The van der Waals surface area contributed by atoms with Crippen molar-refractivity contribution >= 4 is 34.2 Å². The number of aromatic hydroxyl groups is 1. The van der Waals surface area contributed by atoms with Gasteiger partial charge in [0.05, 0.1) is 0 Å². The Labute approximate surface area is 260 Å². The summed E-state index contributed by atoms with van der Waals surface area (Å²) in [6.07, 6.45) is 6.81. The van der Waals surface area contributed by atoms with Crippen LogP contribution in [0.1, 0.15) is 71.3 Å². The quantitative estimate of drug-likeness (QED) is 0.392. The van der Waals surface area contributed by atoms with Gasteiger partial charge in [0.25, 0.3) is 0 Å². The number of alkyl halides is 1. The van der Waals surface area contributed by atoms with Crippen LogP contribution in [0.2, 0.25) is 5.02 Å². The Kier molecular flexibility index (Phi) is 8.86. The first-order valence-corrected chi connectivity index (χ1v) is 16.4. The lowest BCUT2D eigenvalue weighted by molar-refractivity contribution is 0.189. The van der Waals surface area contributed by atoms with Crippen molar-refractivity contribution in [3.63, 3.8) is 0 Å². The maximum atomic E-state index is 13.0. The van der Waals surface area contributed by atoms with E-state index in [-0.39, 0.29) is 11.3 Å². The zero-order chi connectivity index (χ0) is 30.1. The summed E-state index contributed by atoms with van der Waals surface area (Å²) in [6, 6.07) is 10.0. The number of hydrogen-bond acceptors (Lipinski definition) is 7. The third-order valence-electron chi connectivity index (χ3n) is 10.0. The summed E-state index contributed by atoms with van der Waals surface area (Å²) < 4.78 is 13.0. The molecule has 0 spiro atoms. The molecule has 0 aromatic heterocycles. The molecule has 7 nitrogen and oxygen atoms in total. The second-order valence-corrected chi connectivity index (χ2v) is 13.3. The van der Waals surface area contributed by atoms with Crippen LogP contribution in [0.15, 0.2) is 40.3 Å². The number of halogens is 2. The fraction of sp³-hybridized carbons (Fsp3) is 0.588. The standard InChI is InChI=1S/C25H28ClN5O.C9H16FN/c1-3-15(2)24-28-22(29-25(30-24)31-13-18-8-9-19(14-31)27-18)10-7-17-12-20(32)11-16-5-4-6-21(26)23(16)17;1-2-9-4-3-5-11(9)7-8(10)6-9/h4-6,11-12,15,18-19,22,27,32H,3,8-9,13-14H2,1-2H3,(H,28,29,30);8H,2-7H2,1H3/t;8?,9-/m.0/s1. The van der Waals surface area contributed by atoms with Gasteiger partial charge in [0.15, 0.2) is 0 Å². The fourth-order valence-electron chi connectivity index (χ4n) is 7.47. The number of nitrogens with zero attached hydrogens (tertiary/aromatic N) is 4. The summed E-state index contributed by atoms with van der Waals surface area (Å²) in [7, 11) is 0. The first-order valence-electron chi connectivity index (χ1n) is 16.0. The zero-order valence-corrected chi connectivity index (χ0v) is 26.3. The van der Waals surface area contributed by atoms with Crippen molar-refractivity contribution in [1.29, 1.82) is 0 Å². The van der Waals surface area contributed by atoms with E-state index in [0.29, 0.717) is 35.1 Å². The van der Waals surface area contributed by atoms with Gasteiger partial charge in [0.2, 0.25) is 12.1 Å². The van der Waals surface area contributed by atoms with E-state index >= 15 is 0 Å². The topological polar surface area (TPSA) is 75.5 Å². The third kappa shape index (κ3) is 6.36. The molecule has 5 aliphatic heterocycles. The number of aliphatic imine (C=N–C) groups is 2. The van der Waals surface area contributed by atoms with E-state index in [4.69, 9.17) is 21.6 Å². The van der Waals surface area contributed by atoms with E-state index in [0.717, 1.165) is 61.5 Å². The number of likely N-dealkylation sites (tertiary alicyclic amines) is 1. The molecule has 2 bridgehead atoms. The summed E-state index contributed by atoms with van der Waals surface area (Å²) >= 11 is 6.45. The molecule has 0 amide bonds. The molecule has 4 fully saturated rings. The van der Waals surface area contributed by atoms with E-state index in [1.54, 1.807) is 12.1 Å². The van der Waals surface area contributed by atoms with Crippen LogP contribution < -0.4 is 10.6 Å². The molecule has 7 rings (SSSR count). The summed E-state index contributed by atoms with van der Waals surface area (Å²) in [6.45, 7) is 10.3. The molecule has 5 aliphatic rings. The number of rotatable bonds is 3. The van der Waals surface area contributed by atoms with Crippen LogP contribution in [-0.4, -0.2) is 82.8 Å². The predicted molar refractivity (Wildman–Crippen MR) is 174 cm³/mol. The van der Waals surface area contributed by atoms with Gasteiger partial charge >= 0.3 is 0 Å². The Morgan fingerprint density at radius 3 is 2.67 bits per heavy atom. The SMILES string of the molecule is CCC(C)C1=NC(C#Cc2cc(O)cc3cccc(Cl)c23)N=C(N2CC3CCC(C2)N3)N1.CC[C@@]12CCCN1CC(F)C2. The minimum Gasteiger partial charge on any atom is -0.508 e. The fourth-order valence-corrected chi connectivity index (χ4v) is 7.76. The number of fused-ring (bicyclic) bond motifs is 4. The Morgan fingerprint density at radius 2 is 1.95 bits per heavy atom. The van der Waals surface area contributed by atoms with Gasteiger partial charge in [-0.2, -0.15) is 0 Å². The summed E-state index contributed by atoms with van der Waals surface area (Å²) in [5.74, 6) is 8.68. The number of benzene rings is 2. The van der Waals surface area contributed by atoms with Gasteiger partial charge < -0.3 is 20.6 Å². The minimum absolute atomic E-state index is 0.165. The molecule has 2 aromatic rings. The molecule has 6 atom stereocenters. The van der Waals surface area contributed by atoms with Crippen molar-refractivity contribution in [3.05, 3.63) is 40.9 Å². The summed E-state index contributed by atoms with van der Waals surface area (Å²) in [5, 5.41) is 19.6. The number of phenols is 1. The van der Waals surface area contributed by atoms with Gasteiger partial charge in [0.1, 0.15) is 17.8 Å². The highest BCUT2D eigenvalue weighted by Crippen LogP contribution is 2.42. The van der Waals surface area contributed by atoms with Gasteiger partial charge in [-0.1, -0.05) is 50.4 Å². The number of guanidine groups is 1. The number of piperazine rings is 1. The second kappa shape index (κ2) is 12.6. The highest BCUT2D eigenvalue weighted by molar-refractivity contribution is 6.36. The van der Waals surface area contributed by atoms with Gasteiger partial charge in [-0.25, -0.2) is 14.4 Å². The Morgan fingerprint density at radius 1 is 1.16 bits per heavy atom. The van der Waals surface area contributed by atoms with E-state index in [1.807, 2.05) is 18.2 Å². The normalized spacial score (nSPS) is 30.4. The maximum absolute atomic E-state index is 13.0. The highest BCUT2D eigenvalue weighted by atomic mass is 35.5. The molecule has 230 valence electrons. The molecule has 0 saturated carbocycles. The number of nitrogens with one attached hydrogen (secondary N) is 2. The molecule has 2 aromatic carbocycles. The maximum Gasteiger partial charge on any atom is 0.207 e. The van der Waals surface area contributed by atoms with Crippen LogP contribution in [0.4, 0.5) is 4.39 Å². The average Bonchev–Trinajstić information content (AvgIpc) is 3.65. The van der Waals surface area contributed by atoms with E-state index in [2.05, 4.69) is 53.0 Å². The van der Waals surface area contributed by atoms with Crippen LogP contribution >= 0.6 is 11.6 Å². The van der Waals surface area contributed by atoms with Gasteiger partial charge in [-0.3, -0.25) is 4.90 Å². The summed E-state index contributed by atoms with van der Waals surface area (Å²) in [4.78, 5) is 14.4. The van der Waals surface area contributed by atoms with Crippen LogP contribution in [0.25, 0.3) is 10.8 Å². The minimum atomic E-state index is -0.546. The van der Waals surface area contributed by atoms with Crippen molar-refractivity contribution in [2.24, 2.45) is 15.9 Å². The Bertz CT molecular complexity index is 1460. The van der Waals surface area contributed by atoms with Gasteiger partial charge in [0, 0.05) is 59.1 Å². The first-order chi connectivity index (χ1) is 20.8. The number of phenolic OH excluding ortho intramolecular Hbond substituents is 1. The highest BCUT2D eigenvalue weighted by Gasteiger charge is 2.47. The Hall–Kier alpha value is -2.86. The molecule has 0 radical (unpaired) electrons. The van der Waals surface area contributed by atoms with Crippen LogP contribution in [-0.2, 0) is 0 Å². The average molecular weight is 607 g/mol. The molecular weight excluding hydrogens is 563 g/mol. The smallest absolute Gasteiger partial charge is 0.207 e. The van der Waals surface area contributed by atoms with Gasteiger partial charge in [-0.15, -0.1) is 0 Å². The van der Waals surface area contributed by atoms with Crippen molar-refractivity contribution in [1.82, 2.24) is 20.4 Å². The Balaban J connectivity index is 0.000000250. The third-order valence-corrected chi connectivity index (χ3v) is 10.3. The van der Waals surface area contributed by atoms with Gasteiger partial charge in [-0.05, 0) is 81.0 Å². The van der Waals surface area contributed by atoms with Crippen molar-refractivity contribution in [3.8, 4) is 17.6 Å². The number of amidine groups is 1. The summed E-state index contributed by atoms with van der Waals surface area (Å²) in [5.41, 5.74) is 0.959. The lowest BCUT2D eigenvalue weighted by atomic mass is 9.91. The first kappa shape index (κ1) is 30.2. The monoisotopic (exact) mass is 606 g/mol. The van der Waals surface area contributed by atoms with Crippen LogP contribution in [0.3, 0.4) is 0 Å². The molecule has 9 heteroatoms. The van der Waals surface area contributed by atoms with Crippen molar-refractivity contribution < 1.29 is 9.50 Å². The second-order valence-electron chi connectivity index (χ2n) is 12.8. The van der Waals surface area contributed by atoms with Crippen molar-refractivity contribution in [2.75, 3.05) is 26.2 Å². The van der Waals surface area contributed by atoms with E-state index in [1.165, 1.54) is 25.7 Å². The number of hydrogen-bond donors (Lipinski definition) is 3. The molecule has 5 unspecified atom stereocenters. The lowest BCUT2D eigenvalue weighted by Gasteiger charge is -2.37. The van der Waals surface area contributed by atoms with Crippen molar-refractivity contribution in [2.45, 2.75) is 95.7 Å². The lowest BCUT2D eigenvalue weighted by Crippen LogP contribution is -2.58. The van der Waals surface area contributed by atoms with E-state index in [9.17, 15) is 9.50 Å². The molecule has 5 heterocycles.